The molecule has 42 heavy (non-hydrogen) atoms. The Labute approximate surface area is 245 Å². The molecule has 9 nitrogen and oxygen atoms in total. The van der Waals surface area contributed by atoms with Crippen molar-refractivity contribution < 1.29 is 24.1 Å². The number of hydrogen-bond donors (Lipinski definition) is 1. The maximum Gasteiger partial charge on any atom is 0.342 e. The lowest BCUT2D eigenvalue weighted by Crippen LogP contribution is -2.44. The van der Waals surface area contributed by atoms with Crippen LogP contribution in [-0.2, 0) is 24.3 Å². The van der Waals surface area contributed by atoms with Crippen LogP contribution in [0.15, 0.2) is 54.7 Å². The summed E-state index contributed by atoms with van der Waals surface area (Å²) >= 11 is 0. The SMILES string of the molecule is COc1c(C(=O)O)cnn1-c1cccc(-c2cccc(C)c2OCc2cc(C)c3c(c2)CCN(C2CCCOC2)C3)n1. The monoisotopic (exact) mass is 568 g/mol. The Morgan fingerprint density at radius 3 is 2.79 bits per heavy atom. The molecular weight excluding hydrogens is 532 g/mol. The van der Waals surface area contributed by atoms with Crippen LogP contribution in [0.1, 0.15) is 51.0 Å². The fraction of sp³-hybridized carbons (Fsp3) is 0.364. The first kappa shape index (κ1) is 27.9. The summed E-state index contributed by atoms with van der Waals surface area (Å²) in [4.78, 5) is 19.0. The first-order valence-electron chi connectivity index (χ1n) is 14.4. The van der Waals surface area contributed by atoms with Crippen molar-refractivity contribution in [1.82, 2.24) is 19.7 Å². The van der Waals surface area contributed by atoms with Crippen LogP contribution in [0.2, 0.25) is 0 Å². The molecule has 1 atom stereocenters. The molecule has 4 aromatic rings. The third kappa shape index (κ3) is 5.49. The number of carboxylic acid groups (broad SMARTS) is 1. The molecular formula is C33H36N4O5. The molecule has 1 saturated heterocycles. The normalized spacial score (nSPS) is 17.1. The zero-order valence-electron chi connectivity index (χ0n) is 24.3. The topological polar surface area (TPSA) is 98.9 Å². The van der Waals surface area contributed by atoms with Gasteiger partial charge in [-0.25, -0.2) is 9.78 Å². The molecule has 2 aliphatic rings. The lowest BCUT2D eigenvalue weighted by Gasteiger charge is -2.38. The number of aromatic carboxylic acids is 1. The molecule has 1 N–H and O–H groups in total. The molecule has 9 heteroatoms. The van der Waals surface area contributed by atoms with Crippen molar-refractivity contribution in [2.45, 2.75) is 52.3 Å². The Bertz CT molecular complexity index is 1610. The standard InChI is InChI=1S/C33H36N4O5/c1-21-7-4-9-26(29-10-5-11-30(35-29)37-32(40-3)27(17-34-37)33(38)39)31(21)42-19-23-15-22(2)28-18-36(13-12-24(28)16-23)25-8-6-14-41-20-25/h4-5,7,9-11,15-17,25H,6,8,12-14,18-20H2,1-3H3,(H,38,39). The van der Waals surface area contributed by atoms with E-state index in [1.54, 1.807) is 6.07 Å². The van der Waals surface area contributed by atoms with Gasteiger partial charge in [0.2, 0.25) is 5.88 Å². The maximum atomic E-state index is 11.6. The first-order valence-corrected chi connectivity index (χ1v) is 14.4. The Morgan fingerprint density at radius 1 is 1.14 bits per heavy atom. The lowest BCUT2D eigenvalue weighted by atomic mass is 9.91. The van der Waals surface area contributed by atoms with E-state index in [0.717, 1.165) is 61.6 Å². The summed E-state index contributed by atoms with van der Waals surface area (Å²) in [7, 11) is 1.42. The van der Waals surface area contributed by atoms with Crippen molar-refractivity contribution >= 4 is 5.97 Å². The van der Waals surface area contributed by atoms with E-state index in [1.807, 2.05) is 37.3 Å². The number of ether oxygens (including phenoxy) is 3. The minimum atomic E-state index is -1.11. The van der Waals surface area contributed by atoms with Crippen molar-refractivity contribution in [3.8, 4) is 28.7 Å². The number of aryl methyl sites for hydroxylation is 2. The third-order valence-electron chi connectivity index (χ3n) is 8.28. The molecule has 0 radical (unpaired) electrons. The molecule has 1 unspecified atom stereocenters. The molecule has 218 valence electrons. The van der Waals surface area contributed by atoms with E-state index in [9.17, 15) is 9.90 Å². The number of fused-ring (bicyclic) bond motifs is 1. The van der Waals surface area contributed by atoms with Gasteiger partial charge >= 0.3 is 5.97 Å². The van der Waals surface area contributed by atoms with Crippen LogP contribution in [0.25, 0.3) is 17.1 Å². The van der Waals surface area contributed by atoms with Gasteiger partial charge in [-0.3, -0.25) is 4.90 Å². The Hall–Kier alpha value is -4.21. The second-order valence-corrected chi connectivity index (χ2v) is 11.0. The van der Waals surface area contributed by atoms with Crippen molar-refractivity contribution in [3.63, 3.8) is 0 Å². The smallest absolute Gasteiger partial charge is 0.342 e. The number of carbonyl (C=O) groups is 1. The van der Waals surface area contributed by atoms with Crippen LogP contribution < -0.4 is 9.47 Å². The molecule has 1 fully saturated rings. The predicted octanol–water partition coefficient (Wildman–Crippen LogP) is 5.37. The minimum Gasteiger partial charge on any atom is -0.488 e. The van der Waals surface area contributed by atoms with E-state index in [4.69, 9.17) is 19.2 Å². The van der Waals surface area contributed by atoms with Crippen molar-refractivity contribution in [1.29, 1.82) is 0 Å². The van der Waals surface area contributed by atoms with Crippen molar-refractivity contribution in [2.75, 3.05) is 26.9 Å². The van der Waals surface area contributed by atoms with Gasteiger partial charge in [-0.15, -0.1) is 0 Å². The molecule has 0 saturated carbocycles. The largest absolute Gasteiger partial charge is 0.488 e. The van der Waals surface area contributed by atoms with E-state index < -0.39 is 5.97 Å². The van der Waals surface area contributed by atoms with E-state index in [1.165, 1.54) is 41.1 Å². The van der Waals surface area contributed by atoms with Crippen molar-refractivity contribution in [2.24, 2.45) is 0 Å². The Kier molecular flexibility index (Phi) is 7.95. The summed E-state index contributed by atoms with van der Waals surface area (Å²) in [6, 6.07) is 16.6. The average molecular weight is 569 g/mol. The van der Waals surface area contributed by atoms with Gasteiger partial charge in [0.25, 0.3) is 0 Å². The van der Waals surface area contributed by atoms with Crippen LogP contribution in [0.3, 0.4) is 0 Å². The van der Waals surface area contributed by atoms with Crippen LogP contribution in [0.5, 0.6) is 11.6 Å². The van der Waals surface area contributed by atoms with Gasteiger partial charge in [0.1, 0.15) is 17.9 Å². The predicted molar refractivity (Wildman–Crippen MR) is 159 cm³/mol. The number of rotatable bonds is 8. The van der Waals surface area contributed by atoms with E-state index in [-0.39, 0.29) is 11.4 Å². The van der Waals surface area contributed by atoms with Gasteiger partial charge in [-0.1, -0.05) is 30.3 Å². The van der Waals surface area contributed by atoms with Crippen molar-refractivity contribution in [3.05, 3.63) is 88.1 Å². The molecule has 2 aromatic heterocycles. The highest BCUT2D eigenvalue weighted by Gasteiger charge is 2.27. The van der Waals surface area contributed by atoms with Gasteiger partial charge < -0.3 is 19.3 Å². The number of methoxy groups -OCH3 is 1. The maximum absolute atomic E-state index is 11.6. The number of nitrogens with zero attached hydrogens (tertiary/aromatic N) is 4. The zero-order valence-corrected chi connectivity index (χ0v) is 24.3. The summed E-state index contributed by atoms with van der Waals surface area (Å²) in [6.45, 7) is 8.45. The minimum absolute atomic E-state index is 0.0275. The molecule has 0 aliphatic carbocycles. The molecule has 6 rings (SSSR count). The zero-order chi connectivity index (χ0) is 29.2. The molecule has 2 aromatic carbocycles. The van der Waals surface area contributed by atoms with Crippen LogP contribution in [0, 0.1) is 13.8 Å². The third-order valence-corrected chi connectivity index (χ3v) is 8.28. The first-order chi connectivity index (χ1) is 20.4. The summed E-state index contributed by atoms with van der Waals surface area (Å²) in [5, 5.41) is 13.7. The fourth-order valence-electron chi connectivity index (χ4n) is 6.11. The molecule has 4 heterocycles. The second kappa shape index (κ2) is 12.0. The highest BCUT2D eigenvalue weighted by atomic mass is 16.5. The lowest BCUT2D eigenvalue weighted by molar-refractivity contribution is 0.0124. The van der Waals surface area contributed by atoms with Gasteiger partial charge in [0, 0.05) is 31.3 Å². The van der Waals surface area contributed by atoms with Gasteiger partial charge in [-0.05, 0) is 79.1 Å². The number of pyridine rings is 1. The summed E-state index contributed by atoms with van der Waals surface area (Å²) < 4.78 is 19.0. The number of para-hydroxylation sites is 1. The van der Waals surface area contributed by atoms with E-state index in [2.05, 4.69) is 29.1 Å². The quantitative estimate of drug-likeness (QED) is 0.303. The summed E-state index contributed by atoms with van der Waals surface area (Å²) in [5.41, 5.74) is 7.82. The highest BCUT2D eigenvalue weighted by Crippen LogP contribution is 2.34. The van der Waals surface area contributed by atoms with E-state index >= 15 is 0 Å². The second-order valence-electron chi connectivity index (χ2n) is 11.0. The molecule has 0 spiro atoms. The number of hydrogen-bond acceptors (Lipinski definition) is 7. The Balaban J connectivity index is 1.24. The molecule has 2 aliphatic heterocycles. The number of aromatic nitrogens is 3. The number of benzene rings is 2. The van der Waals surface area contributed by atoms with Gasteiger partial charge in [0.15, 0.2) is 5.82 Å². The van der Waals surface area contributed by atoms with Crippen LogP contribution in [-0.4, -0.2) is 63.7 Å². The Morgan fingerprint density at radius 2 is 2.00 bits per heavy atom. The molecule has 0 amide bonds. The summed E-state index contributed by atoms with van der Waals surface area (Å²) in [6.07, 6.45) is 4.66. The van der Waals surface area contributed by atoms with Gasteiger partial charge in [-0.2, -0.15) is 9.78 Å². The number of carboxylic acids is 1. The van der Waals surface area contributed by atoms with E-state index in [0.29, 0.717) is 24.2 Å². The fourth-order valence-corrected chi connectivity index (χ4v) is 6.11. The average Bonchev–Trinajstić information content (AvgIpc) is 3.46. The highest BCUT2D eigenvalue weighted by molar-refractivity contribution is 5.90. The van der Waals surface area contributed by atoms with Crippen LogP contribution in [0.4, 0.5) is 0 Å². The van der Waals surface area contributed by atoms with Gasteiger partial charge in [0.05, 0.1) is 25.6 Å². The summed E-state index contributed by atoms with van der Waals surface area (Å²) in [5.74, 6) is 0.214. The molecule has 0 bridgehead atoms. The van der Waals surface area contributed by atoms with Crippen LogP contribution >= 0.6 is 0 Å².